The maximum atomic E-state index is 14.2. The molecule has 0 radical (unpaired) electrons. The van der Waals surface area contributed by atoms with Crippen LogP contribution in [0.2, 0.25) is 5.02 Å². The van der Waals surface area contributed by atoms with E-state index in [1.54, 1.807) is 18.2 Å². The molecule has 0 N–H and O–H groups in total. The monoisotopic (exact) mass is 390 g/mol. The average Bonchev–Trinajstić information content (AvgIpc) is 2.85. The van der Waals surface area contributed by atoms with Crippen molar-refractivity contribution in [3.05, 3.63) is 57.3 Å². The fourth-order valence-electron chi connectivity index (χ4n) is 2.14. The highest BCUT2D eigenvalue weighted by atomic mass is 79.9. The summed E-state index contributed by atoms with van der Waals surface area (Å²) in [5.74, 6) is -1.40. The summed E-state index contributed by atoms with van der Waals surface area (Å²) >= 11 is 15.1. The molecule has 0 aliphatic rings. The zero-order chi connectivity index (χ0) is 15.1. The molecule has 108 valence electrons. The standard InChI is InChI=1S/C14H7BrCl2F2N2/c15-8-5-7(1-2-9(8)17)21-12(6-16)20-11-4-3-10(18)13(19)14(11)21/h1-5H,6H2. The zero-order valence-electron chi connectivity index (χ0n) is 10.4. The zero-order valence-corrected chi connectivity index (χ0v) is 13.5. The first-order chi connectivity index (χ1) is 10.0. The maximum absolute atomic E-state index is 14.2. The predicted octanol–water partition coefficient (Wildman–Crippen LogP) is 5.46. The summed E-state index contributed by atoms with van der Waals surface area (Å²) in [6.07, 6.45) is 0. The molecule has 0 atom stereocenters. The Bertz CT molecular complexity index is 849. The van der Waals surface area contributed by atoms with Crippen molar-refractivity contribution in [1.82, 2.24) is 9.55 Å². The molecule has 0 fully saturated rings. The number of halogens is 5. The fourth-order valence-corrected chi connectivity index (χ4v) is 2.81. The van der Waals surface area contributed by atoms with Gasteiger partial charge in [-0.05, 0) is 46.3 Å². The second-order valence-corrected chi connectivity index (χ2v) is 5.85. The van der Waals surface area contributed by atoms with E-state index in [0.717, 1.165) is 6.07 Å². The molecule has 0 saturated heterocycles. The Balaban J connectivity index is 2.39. The van der Waals surface area contributed by atoms with E-state index in [2.05, 4.69) is 20.9 Å². The van der Waals surface area contributed by atoms with Gasteiger partial charge in [-0.2, -0.15) is 0 Å². The third kappa shape index (κ3) is 2.43. The molecule has 0 saturated carbocycles. The van der Waals surface area contributed by atoms with Gasteiger partial charge in [-0.15, -0.1) is 11.6 Å². The van der Waals surface area contributed by atoms with E-state index in [9.17, 15) is 8.78 Å². The SMILES string of the molecule is Fc1ccc2nc(CCl)n(-c3ccc(Cl)c(Br)c3)c2c1F. The van der Waals surface area contributed by atoms with Crippen molar-refractivity contribution in [2.75, 3.05) is 0 Å². The van der Waals surface area contributed by atoms with Crippen molar-refractivity contribution >= 4 is 50.2 Å². The number of imidazole rings is 1. The van der Waals surface area contributed by atoms with Gasteiger partial charge in [0.25, 0.3) is 0 Å². The molecule has 7 heteroatoms. The molecule has 2 aromatic carbocycles. The number of hydrogen-bond acceptors (Lipinski definition) is 1. The number of rotatable bonds is 2. The van der Waals surface area contributed by atoms with Gasteiger partial charge in [0.1, 0.15) is 11.3 Å². The van der Waals surface area contributed by atoms with E-state index in [1.165, 1.54) is 10.6 Å². The summed E-state index contributed by atoms with van der Waals surface area (Å²) in [5, 5.41) is 0.516. The summed E-state index contributed by atoms with van der Waals surface area (Å²) < 4.78 is 29.8. The third-order valence-electron chi connectivity index (χ3n) is 3.06. The van der Waals surface area contributed by atoms with Gasteiger partial charge in [0, 0.05) is 10.2 Å². The lowest BCUT2D eigenvalue weighted by molar-refractivity contribution is 0.514. The minimum Gasteiger partial charge on any atom is -0.292 e. The molecule has 0 spiro atoms. The molecular formula is C14H7BrCl2F2N2. The summed E-state index contributed by atoms with van der Waals surface area (Å²) in [4.78, 5) is 4.24. The molecule has 0 unspecified atom stereocenters. The maximum Gasteiger partial charge on any atom is 0.185 e. The van der Waals surface area contributed by atoms with E-state index in [4.69, 9.17) is 23.2 Å². The first kappa shape index (κ1) is 14.8. The minimum atomic E-state index is -0.956. The van der Waals surface area contributed by atoms with Crippen LogP contribution in [0.25, 0.3) is 16.7 Å². The van der Waals surface area contributed by atoms with Gasteiger partial charge < -0.3 is 0 Å². The molecule has 1 aromatic heterocycles. The van der Waals surface area contributed by atoms with Crippen LogP contribution < -0.4 is 0 Å². The number of aromatic nitrogens is 2. The van der Waals surface area contributed by atoms with Gasteiger partial charge in [-0.1, -0.05) is 11.6 Å². The molecule has 0 bridgehead atoms. The van der Waals surface area contributed by atoms with Crippen LogP contribution in [-0.2, 0) is 5.88 Å². The number of fused-ring (bicyclic) bond motifs is 1. The van der Waals surface area contributed by atoms with Crippen molar-refractivity contribution in [3.8, 4) is 5.69 Å². The summed E-state index contributed by atoms with van der Waals surface area (Å²) in [5.41, 5.74) is 0.990. The van der Waals surface area contributed by atoms with Gasteiger partial charge in [0.2, 0.25) is 0 Å². The Morgan fingerprint density at radius 2 is 1.95 bits per heavy atom. The van der Waals surface area contributed by atoms with E-state index >= 15 is 0 Å². The fraction of sp³-hybridized carbons (Fsp3) is 0.0714. The molecule has 21 heavy (non-hydrogen) atoms. The summed E-state index contributed by atoms with van der Waals surface area (Å²) in [6.45, 7) is 0. The lowest BCUT2D eigenvalue weighted by Crippen LogP contribution is -2.01. The second-order valence-electron chi connectivity index (χ2n) is 4.32. The van der Waals surface area contributed by atoms with Crippen LogP contribution in [-0.4, -0.2) is 9.55 Å². The van der Waals surface area contributed by atoms with Crippen LogP contribution in [0.3, 0.4) is 0 Å². The lowest BCUT2D eigenvalue weighted by atomic mass is 10.2. The van der Waals surface area contributed by atoms with Crippen LogP contribution in [0.1, 0.15) is 5.82 Å². The molecular weight excluding hydrogens is 385 g/mol. The van der Waals surface area contributed by atoms with Crippen LogP contribution >= 0.6 is 39.1 Å². The van der Waals surface area contributed by atoms with E-state index in [1.807, 2.05) is 0 Å². The first-order valence-corrected chi connectivity index (χ1v) is 7.60. The predicted molar refractivity (Wildman–Crippen MR) is 83.3 cm³/mol. The highest BCUT2D eigenvalue weighted by Crippen LogP contribution is 2.30. The number of benzene rings is 2. The first-order valence-electron chi connectivity index (χ1n) is 5.89. The lowest BCUT2D eigenvalue weighted by Gasteiger charge is -2.09. The average molecular weight is 392 g/mol. The Morgan fingerprint density at radius 1 is 1.19 bits per heavy atom. The van der Waals surface area contributed by atoms with Gasteiger partial charge in [0.05, 0.1) is 16.4 Å². The normalized spacial score (nSPS) is 11.3. The van der Waals surface area contributed by atoms with Crippen LogP contribution in [0, 0.1) is 11.6 Å². The van der Waals surface area contributed by atoms with E-state index in [0.29, 0.717) is 26.5 Å². The second kappa shape index (κ2) is 5.55. The molecule has 3 rings (SSSR count). The molecule has 0 aliphatic carbocycles. The quantitative estimate of drug-likeness (QED) is 0.530. The number of hydrogen-bond donors (Lipinski definition) is 0. The van der Waals surface area contributed by atoms with Crippen molar-refractivity contribution in [3.63, 3.8) is 0 Å². The highest BCUT2D eigenvalue weighted by molar-refractivity contribution is 9.10. The largest absolute Gasteiger partial charge is 0.292 e. The van der Waals surface area contributed by atoms with E-state index < -0.39 is 11.6 Å². The Hall–Kier alpha value is -1.17. The van der Waals surface area contributed by atoms with Crippen LogP contribution in [0.5, 0.6) is 0 Å². The molecule has 1 heterocycles. The third-order valence-corrected chi connectivity index (χ3v) is 4.51. The van der Waals surface area contributed by atoms with Crippen molar-refractivity contribution in [2.45, 2.75) is 5.88 Å². The Kier molecular flexibility index (Phi) is 3.90. The Labute approximate surface area is 137 Å². The van der Waals surface area contributed by atoms with Crippen LogP contribution in [0.4, 0.5) is 8.78 Å². The molecule has 3 aromatic rings. The van der Waals surface area contributed by atoms with Crippen molar-refractivity contribution in [2.24, 2.45) is 0 Å². The molecule has 0 amide bonds. The summed E-state index contributed by atoms with van der Waals surface area (Å²) in [7, 11) is 0. The van der Waals surface area contributed by atoms with Gasteiger partial charge in [-0.3, -0.25) is 4.57 Å². The van der Waals surface area contributed by atoms with Crippen molar-refractivity contribution in [1.29, 1.82) is 0 Å². The Morgan fingerprint density at radius 3 is 2.62 bits per heavy atom. The number of nitrogens with zero attached hydrogens (tertiary/aromatic N) is 2. The molecule has 0 aliphatic heterocycles. The van der Waals surface area contributed by atoms with Gasteiger partial charge in [0.15, 0.2) is 11.6 Å². The van der Waals surface area contributed by atoms with Crippen molar-refractivity contribution < 1.29 is 8.78 Å². The molecule has 2 nitrogen and oxygen atoms in total. The highest BCUT2D eigenvalue weighted by Gasteiger charge is 2.18. The summed E-state index contributed by atoms with van der Waals surface area (Å²) in [6, 6.07) is 7.51. The van der Waals surface area contributed by atoms with E-state index in [-0.39, 0.29) is 11.4 Å². The number of alkyl halides is 1. The van der Waals surface area contributed by atoms with Gasteiger partial charge in [-0.25, -0.2) is 13.8 Å². The van der Waals surface area contributed by atoms with Gasteiger partial charge >= 0.3 is 0 Å². The minimum absolute atomic E-state index is 0.0554. The van der Waals surface area contributed by atoms with Crippen LogP contribution in [0.15, 0.2) is 34.8 Å². The smallest absolute Gasteiger partial charge is 0.185 e. The topological polar surface area (TPSA) is 17.8 Å².